The van der Waals surface area contributed by atoms with Gasteiger partial charge in [-0.3, -0.25) is 4.79 Å². The molecule has 0 saturated heterocycles. The summed E-state index contributed by atoms with van der Waals surface area (Å²) in [5, 5.41) is 13.9. The monoisotopic (exact) mass is 199 g/mol. The summed E-state index contributed by atoms with van der Waals surface area (Å²) in [5.74, 6) is 0.318. The zero-order chi connectivity index (χ0) is 10.6. The first-order valence-corrected chi connectivity index (χ1v) is 4.89. The summed E-state index contributed by atoms with van der Waals surface area (Å²) in [4.78, 5) is 11.3. The highest BCUT2D eigenvalue weighted by atomic mass is 16.4. The molecule has 0 aromatic heterocycles. The van der Waals surface area contributed by atoms with Gasteiger partial charge in [0.05, 0.1) is 6.42 Å². The smallest absolute Gasteiger partial charge is 0.227 e. The summed E-state index contributed by atoms with van der Waals surface area (Å²) >= 11 is 0. The van der Waals surface area contributed by atoms with Crippen molar-refractivity contribution in [2.24, 2.45) is 16.8 Å². The third-order valence-corrected chi connectivity index (χ3v) is 2.68. The second-order valence-corrected chi connectivity index (χ2v) is 3.85. The first-order chi connectivity index (χ1) is 6.63. The number of carbonyl (C=O) groups is 1. The fourth-order valence-corrected chi connectivity index (χ4v) is 1.82. The van der Waals surface area contributed by atoms with Crippen LogP contribution >= 0.6 is 0 Å². The van der Waals surface area contributed by atoms with Crippen LogP contribution in [0, 0.1) is 5.92 Å². The van der Waals surface area contributed by atoms with Gasteiger partial charge in [0.25, 0.3) is 0 Å². The highest BCUT2D eigenvalue weighted by Gasteiger charge is 2.24. The van der Waals surface area contributed by atoms with E-state index < -0.39 is 0 Å². The van der Waals surface area contributed by atoms with Gasteiger partial charge in [0.1, 0.15) is 5.84 Å². The Balaban J connectivity index is 2.33. The van der Waals surface area contributed by atoms with E-state index in [1.54, 1.807) is 0 Å². The fourth-order valence-electron chi connectivity index (χ4n) is 1.82. The summed E-state index contributed by atoms with van der Waals surface area (Å²) in [7, 11) is 0. The largest absolute Gasteiger partial charge is 0.409 e. The van der Waals surface area contributed by atoms with Gasteiger partial charge < -0.3 is 16.3 Å². The van der Waals surface area contributed by atoms with Crippen molar-refractivity contribution in [2.75, 3.05) is 0 Å². The average Bonchev–Trinajstić information content (AvgIpc) is 2.51. The highest BCUT2D eigenvalue weighted by Crippen LogP contribution is 2.24. The molecule has 5 nitrogen and oxygen atoms in total. The van der Waals surface area contributed by atoms with Crippen molar-refractivity contribution >= 4 is 11.7 Å². The van der Waals surface area contributed by atoms with Gasteiger partial charge in [-0.25, -0.2) is 0 Å². The number of nitrogens with zero attached hydrogens (tertiary/aromatic N) is 1. The van der Waals surface area contributed by atoms with Crippen molar-refractivity contribution in [2.45, 2.75) is 38.6 Å². The van der Waals surface area contributed by atoms with Crippen LogP contribution in [-0.2, 0) is 4.79 Å². The van der Waals surface area contributed by atoms with Crippen molar-refractivity contribution in [1.82, 2.24) is 5.32 Å². The molecule has 1 aliphatic carbocycles. The van der Waals surface area contributed by atoms with Crippen LogP contribution in [0.25, 0.3) is 0 Å². The van der Waals surface area contributed by atoms with Crippen LogP contribution in [0.15, 0.2) is 5.16 Å². The summed E-state index contributed by atoms with van der Waals surface area (Å²) in [6.45, 7) is 2.13. The van der Waals surface area contributed by atoms with E-state index in [-0.39, 0.29) is 24.2 Å². The normalized spacial score (nSPS) is 27.6. The lowest BCUT2D eigenvalue weighted by Crippen LogP contribution is -2.38. The third kappa shape index (κ3) is 2.90. The van der Waals surface area contributed by atoms with Crippen molar-refractivity contribution in [1.29, 1.82) is 0 Å². The molecule has 0 bridgehead atoms. The van der Waals surface area contributed by atoms with Gasteiger partial charge in [-0.2, -0.15) is 0 Å². The highest BCUT2D eigenvalue weighted by molar-refractivity contribution is 5.98. The average molecular weight is 199 g/mol. The van der Waals surface area contributed by atoms with Crippen LogP contribution in [-0.4, -0.2) is 23.0 Å². The maximum Gasteiger partial charge on any atom is 0.227 e. The van der Waals surface area contributed by atoms with Crippen molar-refractivity contribution in [3.8, 4) is 0 Å². The van der Waals surface area contributed by atoms with E-state index in [0.29, 0.717) is 5.92 Å². The second kappa shape index (κ2) is 4.83. The van der Waals surface area contributed by atoms with Crippen LogP contribution in [0.5, 0.6) is 0 Å². The molecule has 2 atom stereocenters. The quantitative estimate of drug-likeness (QED) is 0.266. The molecule has 0 aromatic carbocycles. The predicted octanol–water partition coefficient (Wildman–Crippen LogP) is 0.428. The minimum atomic E-state index is -0.168. The molecule has 1 saturated carbocycles. The molecule has 1 aliphatic rings. The van der Waals surface area contributed by atoms with E-state index in [0.717, 1.165) is 19.3 Å². The van der Waals surface area contributed by atoms with Crippen LogP contribution in [0.3, 0.4) is 0 Å². The van der Waals surface area contributed by atoms with Gasteiger partial charge in [-0.05, 0) is 18.8 Å². The summed E-state index contributed by atoms with van der Waals surface area (Å²) in [6, 6.07) is 0.258. The van der Waals surface area contributed by atoms with Crippen LogP contribution in [0.2, 0.25) is 0 Å². The number of amides is 1. The second-order valence-electron chi connectivity index (χ2n) is 3.85. The molecule has 2 unspecified atom stereocenters. The first-order valence-electron chi connectivity index (χ1n) is 4.89. The molecule has 1 rings (SSSR count). The van der Waals surface area contributed by atoms with E-state index in [1.807, 2.05) is 0 Å². The molecule has 0 spiro atoms. The Labute approximate surface area is 83.3 Å². The molecule has 0 aliphatic heterocycles. The van der Waals surface area contributed by atoms with Crippen molar-refractivity contribution in [3.63, 3.8) is 0 Å². The molecule has 0 aromatic rings. The Hall–Kier alpha value is -1.26. The Bertz CT molecular complexity index is 240. The number of amidine groups is 1. The number of rotatable bonds is 3. The Morgan fingerprint density at radius 2 is 2.36 bits per heavy atom. The zero-order valence-corrected chi connectivity index (χ0v) is 8.36. The molecular weight excluding hydrogens is 182 g/mol. The van der Waals surface area contributed by atoms with Gasteiger partial charge in [0, 0.05) is 6.04 Å². The molecule has 5 heteroatoms. The van der Waals surface area contributed by atoms with Gasteiger partial charge in [-0.1, -0.05) is 18.5 Å². The molecule has 4 N–H and O–H groups in total. The van der Waals surface area contributed by atoms with Crippen LogP contribution in [0.1, 0.15) is 32.6 Å². The maximum atomic E-state index is 11.3. The molecule has 80 valence electrons. The van der Waals surface area contributed by atoms with Crippen LogP contribution in [0.4, 0.5) is 0 Å². The molecule has 1 fully saturated rings. The van der Waals surface area contributed by atoms with E-state index in [9.17, 15) is 4.79 Å². The number of carbonyl (C=O) groups excluding carboxylic acids is 1. The van der Waals surface area contributed by atoms with E-state index >= 15 is 0 Å². The van der Waals surface area contributed by atoms with E-state index in [1.165, 1.54) is 0 Å². The van der Waals surface area contributed by atoms with Gasteiger partial charge in [0.2, 0.25) is 5.91 Å². The number of oxime groups is 1. The topological polar surface area (TPSA) is 87.7 Å². The van der Waals surface area contributed by atoms with E-state index in [2.05, 4.69) is 17.4 Å². The Kier molecular flexibility index (Phi) is 3.73. The number of nitrogens with one attached hydrogen (secondary N) is 1. The fraction of sp³-hybridized carbons (Fsp3) is 0.778. The summed E-state index contributed by atoms with van der Waals surface area (Å²) in [6.07, 6.45) is 3.33. The number of hydrogen-bond donors (Lipinski definition) is 3. The van der Waals surface area contributed by atoms with Gasteiger partial charge in [0.15, 0.2) is 0 Å². The molecule has 0 heterocycles. The molecule has 0 radical (unpaired) electrons. The molecule has 1 amide bonds. The van der Waals surface area contributed by atoms with Gasteiger partial charge >= 0.3 is 0 Å². The standard InChI is InChI=1S/C9H17N3O2/c1-6-3-2-4-7(6)11-9(13)5-8(10)12-14/h6-7,14H,2-5H2,1H3,(H2,10,12)(H,11,13). The van der Waals surface area contributed by atoms with Crippen LogP contribution < -0.4 is 11.1 Å². The zero-order valence-electron chi connectivity index (χ0n) is 8.36. The lowest BCUT2D eigenvalue weighted by Gasteiger charge is -2.16. The van der Waals surface area contributed by atoms with Crippen molar-refractivity contribution in [3.05, 3.63) is 0 Å². The van der Waals surface area contributed by atoms with Gasteiger partial charge in [-0.15, -0.1) is 0 Å². The first kappa shape index (κ1) is 10.8. The lowest BCUT2D eigenvalue weighted by atomic mass is 10.1. The maximum absolute atomic E-state index is 11.3. The number of hydrogen-bond acceptors (Lipinski definition) is 3. The van der Waals surface area contributed by atoms with E-state index in [4.69, 9.17) is 10.9 Å². The lowest BCUT2D eigenvalue weighted by molar-refractivity contribution is -0.120. The van der Waals surface area contributed by atoms with Crippen molar-refractivity contribution < 1.29 is 10.0 Å². The molecular formula is C9H17N3O2. The third-order valence-electron chi connectivity index (χ3n) is 2.68. The predicted molar refractivity (Wildman–Crippen MR) is 53.0 cm³/mol. The minimum Gasteiger partial charge on any atom is -0.409 e. The molecule has 14 heavy (non-hydrogen) atoms. The summed E-state index contributed by atoms with van der Waals surface area (Å²) in [5.41, 5.74) is 5.22. The summed E-state index contributed by atoms with van der Waals surface area (Å²) < 4.78 is 0. The Morgan fingerprint density at radius 3 is 2.86 bits per heavy atom. The minimum absolute atomic E-state index is 0.0281. The number of nitrogens with two attached hydrogens (primary N) is 1. The Morgan fingerprint density at radius 1 is 1.64 bits per heavy atom. The SMILES string of the molecule is CC1CCCC1NC(=O)CC(N)=NO.